The Hall–Kier alpha value is -1.87. The molecular formula is C13H12ClN3. The molecule has 1 aromatic heterocycles. The van der Waals surface area contributed by atoms with E-state index >= 15 is 0 Å². The topological polar surface area (TPSA) is 37.8 Å². The SMILES string of the molecule is C=CCNc1cc(-c2ccccc2)nc(Cl)n1. The van der Waals surface area contributed by atoms with E-state index in [0.29, 0.717) is 12.4 Å². The van der Waals surface area contributed by atoms with Gasteiger partial charge in [0.15, 0.2) is 0 Å². The second kappa shape index (κ2) is 5.46. The van der Waals surface area contributed by atoms with E-state index in [1.165, 1.54) is 0 Å². The van der Waals surface area contributed by atoms with Gasteiger partial charge in [0.05, 0.1) is 5.69 Å². The number of halogens is 1. The van der Waals surface area contributed by atoms with Crippen LogP contribution in [0.15, 0.2) is 49.1 Å². The third-order valence-electron chi connectivity index (χ3n) is 2.20. The summed E-state index contributed by atoms with van der Waals surface area (Å²) >= 11 is 5.89. The maximum Gasteiger partial charge on any atom is 0.224 e. The zero-order valence-corrected chi connectivity index (χ0v) is 9.98. The van der Waals surface area contributed by atoms with Crippen molar-refractivity contribution in [3.63, 3.8) is 0 Å². The highest BCUT2D eigenvalue weighted by Crippen LogP contribution is 2.20. The van der Waals surface area contributed by atoms with Crippen molar-refractivity contribution >= 4 is 17.4 Å². The number of aromatic nitrogens is 2. The Morgan fingerprint density at radius 2 is 2.00 bits per heavy atom. The van der Waals surface area contributed by atoms with Gasteiger partial charge in [-0.15, -0.1) is 6.58 Å². The summed E-state index contributed by atoms with van der Waals surface area (Å²) in [5.41, 5.74) is 1.82. The highest BCUT2D eigenvalue weighted by atomic mass is 35.5. The molecule has 0 unspecified atom stereocenters. The van der Waals surface area contributed by atoms with E-state index in [1.807, 2.05) is 36.4 Å². The van der Waals surface area contributed by atoms with E-state index in [0.717, 1.165) is 11.3 Å². The van der Waals surface area contributed by atoms with E-state index in [2.05, 4.69) is 21.9 Å². The molecule has 0 spiro atoms. The van der Waals surface area contributed by atoms with Crippen molar-refractivity contribution < 1.29 is 0 Å². The fraction of sp³-hybridized carbons (Fsp3) is 0.0769. The van der Waals surface area contributed by atoms with Gasteiger partial charge in [-0.3, -0.25) is 0 Å². The van der Waals surface area contributed by atoms with Crippen molar-refractivity contribution in [2.75, 3.05) is 11.9 Å². The fourth-order valence-electron chi connectivity index (χ4n) is 1.44. The first-order valence-corrected chi connectivity index (χ1v) is 5.62. The van der Waals surface area contributed by atoms with E-state index < -0.39 is 0 Å². The summed E-state index contributed by atoms with van der Waals surface area (Å²) in [4.78, 5) is 8.29. The van der Waals surface area contributed by atoms with Gasteiger partial charge in [-0.1, -0.05) is 36.4 Å². The second-order valence-corrected chi connectivity index (χ2v) is 3.78. The molecule has 2 rings (SSSR count). The number of anilines is 1. The lowest BCUT2D eigenvalue weighted by Gasteiger charge is -2.06. The summed E-state index contributed by atoms with van der Waals surface area (Å²) in [5, 5.41) is 3.33. The average molecular weight is 246 g/mol. The number of nitrogens with zero attached hydrogens (tertiary/aromatic N) is 2. The molecule has 1 aromatic carbocycles. The van der Waals surface area contributed by atoms with Gasteiger partial charge in [-0.2, -0.15) is 0 Å². The standard InChI is InChI=1S/C13H12ClN3/c1-2-8-15-12-9-11(16-13(14)17-12)10-6-4-3-5-7-10/h2-7,9H,1,8H2,(H,15,16,17). The Morgan fingerprint density at radius 1 is 1.24 bits per heavy atom. The molecule has 0 aliphatic carbocycles. The van der Waals surface area contributed by atoms with Crippen molar-refractivity contribution in [2.45, 2.75) is 0 Å². The molecule has 0 aliphatic rings. The van der Waals surface area contributed by atoms with Gasteiger partial charge in [0, 0.05) is 18.2 Å². The predicted molar refractivity (Wildman–Crippen MR) is 71.2 cm³/mol. The van der Waals surface area contributed by atoms with Gasteiger partial charge >= 0.3 is 0 Å². The molecule has 2 aromatic rings. The highest BCUT2D eigenvalue weighted by molar-refractivity contribution is 6.28. The minimum atomic E-state index is 0.234. The van der Waals surface area contributed by atoms with Crippen molar-refractivity contribution in [1.29, 1.82) is 0 Å². The molecule has 0 bridgehead atoms. The first kappa shape index (κ1) is 11.6. The molecule has 0 amide bonds. The summed E-state index contributed by atoms with van der Waals surface area (Å²) in [7, 11) is 0. The largest absolute Gasteiger partial charge is 0.366 e. The van der Waals surface area contributed by atoms with Gasteiger partial charge in [-0.25, -0.2) is 9.97 Å². The first-order chi connectivity index (χ1) is 8.29. The molecule has 1 heterocycles. The Bertz CT molecular complexity index is 511. The minimum absolute atomic E-state index is 0.234. The molecule has 4 heteroatoms. The summed E-state index contributed by atoms with van der Waals surface area (Å²) in [6.45, 7) is 4.28. The monoisotopic (exact) mass is 245 g/mol. The lowest BCUT2D eigenvalue weighted by atomic mass is 10.1. The lowest BCUT2D eigenvalue weighted by molar-refractivity contribution is 1.14. The van der Waals surface area contributed by atoms with E-state index in [1.54, 1.807) is 6.08 Å². The molecule has 86 valence electrons. The minimum Gasteiger partial charge on any atom is -0.366 e. The summed E-state index contributed by atoms with van der Waals surface area (Å²) in [5.74, 6) is 0.698. The molecule has 0 fully saturated rings. The van der Waals surface area contributed by atoms with Crippen LogP contribution in [0.4, 0.5) is 5.82 Å². The number of rotatable bonds is 4. The number of benzene rings is 1. The summed E-state index contributed by atoms with van der Waals surface area (Å²) in [6.07, 6.45) is 1.76. The molecule has 0 saturated heterocycles. The quantitative estimate of drug-likeness (QED) is 0.663. The molecule has 0 saturated carbocycles. The fourth-order valence-corrected chi connectivity index (χ4v) is 1.62. The van der Waals surface area contributed by atoms with Crippen LogP contribution in [0.5, 0.6) is 0 Å². The van der Waals surface area contributed by atoms with Gasteiger partial charge < -0.3 is 5.32 Å². The molecular weight excluding hydrogens is 234 g/mol. The molecule has 3 nitrogen and oxygen atoms in total. The first-order valence-electron chi connectivity index (χ1n) is 5.24. The van der Waals surface area contributed by atoms with Gasteiger partial charge in [0.1, 0.15) is 5.82 Å². The maximum absolute atomic E-state index is 5.89. The third kappa shape index (κ3) is 3.04. The molecule has 0 atom stereocenters. The normalized spacial score (nSPS) is 9.94. The smallest absolute Gasteiger partial charge is 0.224 e. The lowest BCUT2D eigenvalue weighted by Crippen LogP contribution is -2.01. The zero-order valence-electron chi connectivity index (χ0n) is 9.23. The number of hydrogen-bond donors (Lipinski definition) is 1. The van der Waals surface area contributed by atoms with Gasteiger partial charge in [0.2, 0.25) is 5.28 Å². The summed E-state index contributed by atoms with van der Waals surface area (Å²) < 4.78 is 0. The van der Waals surface area contributed by atoms with Crippen molar-refractivity contribution in [2.24, 2.45) is 0 Å². The molecule has 17 heavy (non-hydrogen) atoms. The van der Waals surface area contributed by atoms with Crippen LogP contribution >= 0.6 is 11.6 Å². The Kier molecular flexibility index (Phi) is 3.73. The Morgan fingerprint density at radius 3 is 2.71 bits per heavy atom. The Balaban J connectivity index is 2.35. The van der Waals surface area contributed by atoms with Crippen LogP contribution in [-0.2, 0) is 0 Å². The van der Waals surface area contributed by atoms with Crippen molar-refractivity contribution in [3.8, 4) is 11.3 Å². The number of nitrogens with one attached hydrogen (secondary N) is 1. The van der Waals surface area contributed by atoms with Gasteiger partial charge in [-0.05, 0) is 11.6 Å². The van der Waals surface area contributed by atoms with Crippen LogP contribution < -0.4 is 5.32 Å². The van der Waals surface area contributed by atoms with Crippen LogP contribution in [-0.4, -0.2) is 16.5 Å². The Labute approximate surface area is 105 Å². The maximum atomic E-state index is 5.89. The molecule has 0 radical (unpaired) electrons. The van der Waals surface area contributed by atoms with Crippen LogP contribution in [0.2, 0.25) is 5.28 Å². The summed E-state index contributed by atoms with van der Waals surface area (Å²) in [6, 6.07) is 11.7. The van der Waals surface area contributed by atoms with Crippen LogP contribution in [0, 0.1) is 0 Å². The average Bonchev–Trinajstić information content (AvgIpc) is 2.37. The third-order valence-corrected chi connectivity index (χ3v) is 2.36. The van der Waals surface area contributed by atoms with Crippen molar-refractivity contribution in [1.82, 2.24) is 9.97 Å². The van der Waals surface area contributed by atoms with E-state index in [-0.39, 0.29) is 5.28 Å². The van der Waals surface area contributed by atoms with Crippen molar-refractivity contribution in [3.05, 3.63) is 54.3 Å². The molecule has 0 aliphatic heterocycles. The van der Waals surface area contributed by atoms with Crippen LogP contribution in [0.25, 0.3) is 11.3 Å². The molecule has 1 N–H and O–H groups in total. The van der Waals surface area contributed by atoms with E-state index in [9.17, 15) is 0 Å². The van der Waals surface area contributed by atoms with Crippen LogP contribution in [0.3, 0.4) is 0 Å². The van der Waals surface area contributed by atoms with E-state index in [4.69, 9.17) is 11.6 Å². The predicted octanol–water partition coefficient (Wildman–Crippen LogP) is 3.39. The van der Waals surface area contributed by atoms with Crippen LogP contribution in [0.1, 0.15) is 0 Å². The highest BCUT2D eigenvalue weighted by Gasteiger charge is 2.04. The van der Waals surface area contributed by atoms with Gasteiger partial charge in [0.25, 0.3) is 0 Å². The second-order valence-electron chi connectivity index (χ2n) is 3.44. The number of hydrogen-bond acceptors (Lipinski definition) is 3. The zero-order chi connectivity index (χ0) is 12.1.